The quantitative estimate of drug-likeness (QED) is 0.333. The van der Waals surface area contributed by atoms with E-state index < -0.39 is 10.0 Å². The Morgan fingerprint density at radius 2 is 1.57 bits per heavy atom. The normalized spacial score (nSPS) is 13.2. The highest BCUT2D eigenvalue weighted by Crippen LogP contribution is 2.30. The largest absolute Gasteiger partial charge is 0.326 e. The first-order valence-electron chi connectivity index (χ1n) is 11.1. The van der Waals surface area contributed by atoms with Gasteiger partial charge >= 0.3 is 0 Å². The van der Waals surface area contributed by atoms with E-state index >= 15 is 0 Å². The van der Waals surface area contributed by atoms with E-state index in [4.69, 9.17) is 0 Å². The third-order valence-electron chi connectivity index (χ3n) is 5.68. The van der Waals surface area contributed by atoms with E-state index in [0.717, 1.165) is 5.39 Å². The van der Waals surface area contributed by atoms with Gasteiger partial charge in [0.2, 0.25) is 15.9 Å². The van der Waals surface area contributed by atoms with Crippen molar-refractivity contribution in [2.45, 2.75) is 18.6 Å². The van der Waals surface area contributed by atoms with Crippen molar-refractivity contribution in [2.75, 3.05) is 18.4 Å². The van der Waals surface area contributed by atoms with Crippen molar-refractivity contribution in [1.82, 2.24) is 9.62 Å². The molecule has 0 atom stereocenters. The molecule has 3 aromatic carbocycles. The molecule has 0 aliphatic carbocycles. The number of carbonyl (C=O) groups is 3. The zero-order valence-electron chi connectivity index (χ0n) is 19.0. The Bertz CT molecular complexity index is 1360. The van der Waals surface area contributed by atoms with Gasteiger partial charge in [0.05, 0.1) is 5.75 Å². The molecule has 1 aliphatic rings. The Balaban J connectivity index is 1.32. The summed E-state index contributed by atoms with van der Waals surface area (Å²) < 4.78 is 26.3. The second kappa shape index (κ2) is 10.2. The molecule has 8 nitrogen and oxygen atoms in total. The summed E-state index contributed by atoms with van der Waals surface area (Å²) in [7, 11) is -3.46. The van der Waals surface area contributed by atoms with Crippen LogP contribution in [0.4, 0.5) is 5.69 Å². The van der Waals surface area contributed by atoms with Crippen molar-refractivity contribution in [3.8, 4) is 0 Å². The smallest absolute Gasteiger partial charge is 0.261 e. The van der Waals surface area contributed by atoms with Crippen molar-refractivity contribution < 1.29 is 22.8 Å². The van der Waals surface area contributed by atoms with Crippen molar-refractivity contribution in [3.05, 3.63) is 90.0 Å². The number of nitrogens with zero attached hydrogens (tertiary/aromatic N) is 1. The van der Waals surface area contributed by atoms with Gasteiger partial charge in [-0.25, -0.2) is 13.1 Å². The second-order valence-corrected chi connectivity index (χ2v) is 10.0. The van der Waals surface area contributed by atoms with E-state index in [-0.39, 0.29) is 43.0 Å². The SMILES string of the molecule is C=CCNS(=O)(=O)Cc1ccc(NC(=O)CCCN2C(=O)c3cccc4cccc(c34)C2=O)cc1. The number of hydrogen-bond acceptors (Lipinski definition) is 5. The molecule has 180 valence electrons. The highest BCUT2D eigenvalue weighted by Gasteiger charge is 2.32. The highest BCUT2D eigenvalue weighted by atomic mass is 32.2. The van der Waals surface area contributed by atoms with Crippen LogP contribution in [0.2, 0.25) is 0 Å². The molecular formula is C26H25N3O5S. The second-order valence-electron chi connectivity index (χ2n) is 8.22. The summed E-state index contributed by atoms with van der Waals surface area (Å²) in [6.45, 7) is 3.77. The van der Waals surface area contributed by atoms with Crippen molar-refractivity contribution in [2.24, 2.45) is 0 Å². The Morgan fingerprint density at radius 1 is 0.943 bits per heavy atom. The zero-order chi connectivity index (χ0) is 25.0. The van der Waals surface area contributed by atoms with Gasteiger partial charge in [0.15, 0.2) is 0 Å². The first-order chi connectivity index (χ1) is 16.8. The Morgan fingerprint density at radius 3 is 2.17 bits per heavy atom. The summed E-state index contributed by atoms with van der Waals surface area (Å²) in [4.78, 5) is 39.4. The summed E-state index contributed by atoms with van der Waals surface area (Å²) in [5.41, 5.74) is 2.09. The zero-order valence-corrected chi connectivity index (χ0v) is 19.8. The molecule has 0 saturated carbocycles. The molecule has 0 unspecified atom stereocenters. The number of anilines is 1. The van der Waals surface area contributed by atoms with Crippen molar-refractivity contribution in [1.29, 1.82) is 0 Å². The van der Waals surface area contributed by atoms with Crippen LogP contribution in [-0.4, -0.2) is 44.1 Å². The fourth-order valence-electron chi connectivity index (χ4n) is 4.05. The van der Waals surface area contributed by atoms with Crippen LogP contribution in [0.25, 0.3) is 10.8 Å². The third kappa shape index (κ3) is 5.47. The molecule has 0 saturated heterocycles. The van der Waals surface area contributed by atoms with Gasteiger partial charge in [-0.3, -0.25) is 19.3 Å². The third-order valence-corrected chi connectivity index (χ3v) is 7.00. The fourth-order valence-corrected chi connectivity index (χ4v) is 5.15. The molecule has 3 aromatic rings. The number of sulfonamides is 1. The number of amides is 3. The van der Waals surface area contributed by atoms with Gasteiger partial charge < -0.3 is 5.32 Å². The van der Waals surface area contributed by atoms with E-state index in [1.807, 2.05) is 12.1 Å². The molecule has 3 amide bonds. The van der Waals surface area contributed by atoms with Gasteiger partial charge in [-0.1, -0.05) is 42.5 Å². The molecule has 2 N–H and O–H groups in total. The Labute approximate surface area is 203 Å². The van der Waals surface area contributed by atoms with Crippen LogP contribution in [0, 0.1) is 0 Å². The number of imide groups is 1. The Hall–Kier alpha value is -3.82. The van der Waals surface area contributed by atoms with Gasteiger partial charge in [0, 0.05) is 41.7 Å². The molecule has 1 aliphatic heterocycles. The molecule has 1 heterocycles. The van der Waals surface area contributed by atoms with Gasteiger partial charge in [-0.05, 0) is 41.6 Å². The number of benzene rings is 3. The van der Waals surface area contributed by atoms with E-state index in [2.05, 4.69) is 16.6 Å². The van der Waals surface area contributed by atoms with Crippen LogP contribution in [0.1, 0.15) is 39.1 Å². The van der Waals surface area contributed by atoms with Crippen LogP contribution >= 0.6 is 0 Å². The lowest BCUT2D eigenvalue weighted by molar-refractivity contribution is -0.116. The first kappa shape index (κ1) is 24.3. The molecule has 0 spiro atoms. The van der Waals surface area contributed by atoms with Crippen LogP contribution in [0.15, 0.2) is 73.3 Å². The summed E-state index contributed by atoms with van der Waals surface area (Å²) >= 11 is 0. The van der Waals surface area contributed by atoms with E-state index in [1.54, 1.807) is 48.5 Å². The van der Waals surface area contributed by atoms with E-state index in [1.165, 1.54) is 11.0 Å². The summed E-state index contributed by atoms with van der Waals surface area (Å²) in [5, 5.41) is 4.27. The average molecular weight is 492 g/mol. The summed E-state index contributed by atoms with van der Waals surface area (Å²) in [6.07, 6.45) is 1.89. The number of hydrogen-bond donors (Lipinski definition) is 2. The van der Waals surface area contributed by atoms with Crippen LogP contribution in [0.5, 0.6) is 0 Å². The average Bonchev–Trinajstić information content (AvgIpc) is 2.84. The molecule has 35 heavy (non-hydrogen) atoms. The monoisotopic (exact) mass is 491 g/mol. The van der Waals surface area contributed by atoms with Crippen molar-refractivity contribution >= 4 is 44.2 Å². The fraction of sp³-hybridized carbons (Fsp3) is 0.192. The minimum Gasteiger partial charge on any atom is -0.326 e. The number of nitrogens with one attached hydrogen (secondary N) is 2. The first-order valence-corrected chi connectivity index (χ1v) is 12.8. The van der Waals surface area contributed by atoms with Crippen LogP contribution in [0.3, 0.4) is 0 Å². The molecular weight excluding hydrogens is 466 g/mol. The lowest BCUT2D eigenvalue weighted by atomic mass is 9.94. The topological polar surface area (TPSA) is 113 Å². The van der Waals surface area contributed by atoms with Crippen LogP contribution in [-0.2, 0) is 20.6 Å². The molecule has 0 aromatic heterocycles. The predicted molar refractivity (Wildman–Crippen MR) is 134 cm³/mol. The molecule has 9 heteroatoms. The van der Waals surface area contributed by atoms with Gasteiger partial charge in [0.1, 0.15) is 0 Å². The minimum atomic E-state index is -3.46. The standard InChI is InChI=1S/C26H25N3O5S/c1-2-15-27-35(33,34)17-18-11-13-20(14-12-18)28-23(30)10-5-16-29-25(31)21-8-3-6-19-7-4-9-22(24(19)21)26(29)32/h2-4,6-9,11-14,27H,1,5,10,15-17H2,(H,28,30). The molecule has 4 rings (SSSR count). The highest BCUT2D eigenvalue weighted by molar-refractivity contribution is 7.88. The maximum absolute atomic E-state index is 12.9. The van der Waals surface area contributed by atoms with Crippen molar-refractivity contribution in [3.63, 3.8) is 0 Å². The number of rotatable bonds is 10. The summed E-state index contributed by atoms with van der Waals surface area (Å²) in [5.74, 6) is -1.15. The van der Waals surface area contributed by atoms with E-state index in [9.17, 15) is 22.8 Å². The number of carbonyl (C=O) groups excluding carboxylic acids is 3. The van der Waals surface area contributed by atoms with Gasteiger partial charge in [0.25, 0.3) is 11.8 Å². The van der Waals surface area contributed by atoms with E-state index in [0.29, 0.717) is 34.2 Å². The Kier molecular flexibility index (Phi) is 7.09. The molecule has 0 radical (unpaired) electrons. The maximum Gasteiger partial charge on any atom is 0.261 e. The minimum absolute atomic E-state index is 0.116. The predicted octanol–water partition coefficient (Wildman–Crippen LogP) is 3.46. The lowest BCUT2D eigenvalue weighted by Gasteiger charge is -2.27. The molecule has 0 fully saturated rings. The maximum atomic E-state index is 12.9. The lowest BCUT2D eigenvalue weighted by Crippen LogP contribution is -2.41. The van der Waals surface area contributed by atoms with Gasteiger partial charge in [-0.2, -0.15) is 0 Å². The summed E-state index contributed by atoms with van der Waals surface area (Å²) in [6, 6.07) is 17.3. The van der Waals surface area contributed by atoms with Gasteiger partial charge in [-0.15, -0.1) is 6.58 Å². The van der Waals surface area contributed by atoms with Crippen LogP contribution < -0.4 is 10.0 Å². The molecule has 0 bridgehead atoms.